The average molecular weight is 247 g/mol. The van der Waals surface area contributed by atoms with Gasteiger partial charge in [0.05, 0.1) is 19.3 Å². The van der Waals surface area contributed by atoms with E-state index in [4.69, 9.17) is 10.6 Å². The van der Waals surface area contributed by atoms with E-state index in [1.54, 1.807) is 19.5 Å². The van der Waals surface area contributed by atoms with E-state index in [2.05, 4.69) is 16.5 Å². The van der Waals surface area contributed by atoms with Crippen molar-refractivity contribution in [1.29, 1.82) is 0 Å². The van der Waals surface area contributed by atoms with Crippen molar-refractivity contribution in [3.8, 4) is 5.75 Å². The summed E-state index contributed by atoms with van der Waals surface area (Å²) >= 11 is 0. The number of hydrogen-bond donors (Lipinski definition) is 2. The van der Waals surface area contributed by atoms with Crippen LogP contribution < -0.4 is 16.0 Å². The minimum absolute atomic E-state index is 0.0287. The van der Waals surface area contributed by atoms with Crippen LogP contribution in [-0.2, 0) is 0 Å². The van der Waals surface area contributed by atoms with Crippen LogP contribution in [0.3, 0.4) is 0 Å². The van der Waals surface area contributed by atoms with Crippen molar-refractivity contribution in [3.05, 3.63) is 35.7 Å². The Bertz CT molecular complexity index is 417. The van der Waals surface area contributed by atoms with E-state index in [1.807, 2.05) is 6.07 Å². The van der Waals surface area contributed by atoms with Crippen molar-refractivity contribution >= 4 is 0 Å². The van der Waals surface area contributed by atoms with Crippen molar-refractivity contribution in [2.24, 2.45) is 5.84 Å². The molecule has 1 heterocycles. The highest BCUT2D eigenvalue weighted by Gasteiger charge is 2.19. The number of nitrogens with two attached hydrogens (primary N) is 1. The van der Waals surface area contributed by atoms with Gasteiger partial charge in [-0.25, -0.2) is 5.43 Å². The van der Waals surface area contributed by atoms with E-state index in [9.17, 15) is 0 Å². The molecule has 2 rings (SSSR count). The van der Waals surface area contributed by atoms with E-state index in [-0.39, 0.29) is 6.04 Å². The molecule has 0 spiro atoms. The van der Waals surface area contributed by atoms with E-state index < -0.39 is 0 Å². The Balaban J connectivity index is 2.29. The van der Waals surface area contributed by atoms with Crippen LogP contribution in [-0.4, -0.2) is 12.1 Å². The van der Waals surface area contributed by atoms with Crippen molar-refractivity contribution in [1.82, 2.24) is 10.4 Å². The molecular formula is C14H21N3O. The van der Waals surface area contributed by atoms with Crippen LogP contribution in [0.4, 0.5) is 0 Å². The van der Waals surface area contributed by atoms with Crippen LogP contribution in [0.1, 0.15) is 43.7 Å². The van der Waals surface area contributed by atoms with Gasteiger partial charge in [0.2, 0.25) is 0 Å². The van der Waals surface area contributed by atoms with E-state index in [1.165, 1.54) is 24.8 Å². The average Bonchev–Trinajstić information content (AvgIpc) is 2.69. The third-order valence-corrected chi connectivity index (χ3v) is 3.46. The summed E-state index contributed by atoms with van der Waals surface area (Å²) in [6.07, 6.45) is 11.9. The summed E-state index contributed by atoms with van der Waals surface area (Å²) < 4.78 is 5.36. The van der Waals surface area contributed by atoms with Crippen LogP contribution >= 0.6 is 0 Å². The second kappa shape index (κ2) is 6.52. The summed E-state index contributed by atoms with van der Waals surface area (Å²) in [7, 11) is 1.66. The van der Waals surface area contributed by atoms with E-state index in [0.717, 1.165) is 24.2 Å². The van der Waals surface area contributed by atoms with Gasteiger partial charge in [-0.05, 0) is 31.7 Å². The lowest BCUT2D eigenvalue weighted by Gasteiger charge is -2.21. The van der Waals surface area contributed by atoms with Gasteiger partial charge in [0.1, 0.15) is 5.75 Å². The number of hydrazine groups is 1. The lowest BCUT2D eigenvalue weighted by Crippen LogP contribution is -2.29. The van der Waals surface area contributed by atoms with Crippen molar-refractivity contribution in [2.75, 3.05) is 7.11 Å². The third kappa shape index (κ3) is 2.89. The number of methoxy groups -OCH3 is 1. The molecule has 98 valence electrons. The van der Waals surface area contributed by atoms with Gasteiger partial charge in [0.15, 0.2) is 0 Å². The van der Waals surface area contributed by atoms with E-state index >= 15 is 0 Å². The van der Waals surface area contributed by atoms with Gasteiger partial charge in [-0.1, -0.05) is 18.1 Å². The Morgan fingerprint density at radius 1 is 1.39 bits per heavy atom. The molecule has 0 fully saturated rings. The summed E-state index contributed by atoms with van der Waals surface area (Å²) in [5.74, 6) is 6.53. The zero-order chi connectivity index (χ0) is 12.8. The number of ether oxygens (including phenoxy) is 1. The molecule has 1 atom stereocenters. The van der Waals surface area contributed by atoms with Crippen LogP contribution in [0.15, 0.2) is 30.1 Å². The van der Waals surface area contributed by atoms with Gasteiger partial charge in [-0.3, -0.25) is 10.8 Å². The highest BCUT2D eigenvalue weighted by molar-refractivity contribution is 5.38. The Morgan fingerprint density at radius 2 is 2.28 bits per heavy atom. The Morgan fingerprint density at radius 3 is 3.06 bits per heavy atom. The first-order valence-corrected chi connectivity index (χ1v) is 6.49. The third-order valence-electron chi connectivity index (χ3n) is 3.46. The highest BCUT2D eigenvalue weighted by Crippen LogP contribution is 2.32. The van der Waals surface area contributed by atoms with Gasteiger partial charge >= 0.3 is 0 Å². The summed E-state index contributed by atoms with van der Waals surface area (Å²) in [4.78, 5) is 4.08. The first-order valence-electron chi connectivity index (χ1n) is 6.49. The monoisotopic (exact) mass is 247 g/mol. The molecule has 3 N–H and O–H groups in total. The molecular weight excluding hydrogens is 226 g/mol. The first-order chi connectivity index (χ1) is 8.86. The smallest absolute Gasteiger partial charge is 0.142 e. The molecule has 4 nitrogen and oxygen atoms in total. The second-order valence-electron chi connectivity index (χ2n) is 4.60. The molecule has 1 aromatic heterocycles. The fraction of sp³-hybridized carbons (Fsp3) is 0.500. The maximum absolute atomic E-state index is 5.74. The van der Waals surface area contributed by atoms with Crippen molar-refractivity contribution in [2.45, 2.75) is 38.1 Å². The molecule has 0 saturated heterocycles. The molecule has 0 bridgehead atoms. The highest BCUT2D eigenvalue weighted by atomic mass is 16.5. The van der Waals surface area contributed by atoms with Crippen LogP contribution in [0.2, 0.25) is 0 Å². The fourth-order valence-corrected chi connectivity index (χ4v) is 2.50. The van der Waals surface area contributed by atoms with Gasteiger partial charge in [-0.2, -0.15) is 0 Å². The van der Waals surface area contributed by atoms with Gasteiger partial charge < -0.3 is 4.74 Å². The molecule has 0 radical (unpaired) electrons. The first kappa shape index (κ1) is 13.1. The number of hydrogen-bond acceptors (Lipinski definition) is 4. The molecule has 0 amide bonds. The molecule has 1 aromatic rings. The molecule has 1 aliphatic rings. The number of aromatic nitrogens is 1. The fourth-order valence-electron chi connectivity index (χ4n) is 2.50. The second-order valence-corrected chi connectivity index (χ2v) is 4.60. The molecule has 0 aliphatic heterocycles. The number of rotatable bonds is 4. The maximum atomic E-state index is 5.74. The molecule has 4 heteroatoms. The summed E-state index contributed by atoms with van der Waals surface area (Å²) in [5.41, 5.74) is 5.33. The number of allylic oxidation sites excluding steroid dienone is 1. The Kier molecular flexibility index (Phi) is 4.73. The van der Waals surface area contributed by atoms with Crippen LogP contribution in [0.25, 0.3) is 0 Å². The lowest BCUT2D eigenvalue weighted by molar-refractivity contribution is 0.401. The predicted octanol–water partition coefficient (Wildman–Crippen LogP) is 2.49. The lowest BCUT2D eigenvalue weighted by atomic mass is 9.96. The Hall–Kier alpha value is -1.39. The standard InChI is InChI=1S/C14H21N3O/c1-18-13-10-16-9-8-12(13)14(17-15)11-6-4-2-3-5-7-11/h6,8-10,14,17H,2-5,7,15H2,1H3. The summed E-state index contributed by atoms with van der Waals surface area (Å²) in [6, 6.07) is 2.00. The number of nitrogens with zero attached hydrogens (tertiary/aromatic N) is 1. The maximum Gasteiger partial charge on any atom is 0.142 e. The molecule has 1 unspecified atom stereocenters. The number of pyridine rings is 1. The van der Waals surface area contributed by atoms with E-state index in [0.29, 0.717) is 0 Å². The molecule has 18 heavy (non-hydrogen) atoms. The van der Waals surface area contributed by atoms with Gasteiger partial charge in [-0.15, -0.1) is 0 Å². The summed E-state index contributed by atoms with van der Waals surface area (Å²) in [6.45, 7) is 0. The minimum atomic E-state index is 0.0287. The summed E-state index contributed by atoms with van der Waals surface area (Å²) in [5, 5.41) is 0. The molecule has 0 aromatic carbocycles. The number of nitrogens with one attached hydrogen (secondary N) is 1. The quantitative estimate of drug-likeness (QED) is 0.487. The van der Waals surface area contributed by atoms with Crippen molar-refractivity contribution < 1.29 is 4.74 Å². The van der Waals surface area contributed by atoms with Crippen LogP contribution in [0, 0.1) is 0 Å². The zero-order valence-electron chi connectivity index (χ0n) is 10.9. The topological polar surface area (TPSA) is 60.2 Å². The molecule has 1 aliphatic carbocycles. The normalized spacial score (nSPS) is 17.8. The van der Waals surface area contributed by atoms with Crippen LogP contribution in [0.5, 0.6) is 5.75 Å². The largest absolute Gasteiger partial charge is 0.495 e. The predicted molar refractivity (Wildman–Crippen MR) is 72.0 cm³/mol. The molecule has 0 saturated carbocycles. The zero-order valence-corrected chi connectivity index (χ0v) is 10.9. The van der Waals surface area contributed by atoms with Crippen molar-refractivity contribution in [3.63, 3.8) is 0 Å². The Labute approximate surface area is 108 Å². The SMILES string of the molecule is COc1cnccc1C(NN)C1=CCCCCC1. The minimum Gasteiger partial charge on any atom is -0.495 e. The van der Waals surface area contributed by atoms with Gasteiger partial charge in [0, 0.05) is 11.8 Å². The van der Waals surface area contributed by atoms with Gasteiger partial charge in [0.25, 0.3) is 0 Å².